The molecule has 2 nitrogen and oxygen atoms in total. The van der Waals surface area contributed by atoms with Gasteiger partial charge in [0.25, 0.3) is 0 Å². The van der Waals surface area contributed by atoms with E-state index in [1.165, 1.54) is 33.4 Å². The minimum atomic E-state index is -0.511. The molecule has 0 spiro atoms. The molecule has 0 saturated heterocycles. The molecule has 0 saturated carbocycles. The highest BCUT2D eigenvalue weighted by Crippen LogP contribution is 2.57. The smallest absolute Gasteiger partial charge is 0.0894 e. The predicted octanol–water partition coefficient (Wildman–Crippen LogP) is 11.4. The van der Waals surface area contributed by atoms with Gasteiger partial charge in [-0.25, -0.2) is 4.98 Å². The summed E-state index contributed by atoms with van der Waals surface area (Å²) in [5, 5.41) is 0. The van der Waals surface area contributed by atoms with Crippen molar-refractivity contribution in [3.8, 4) is 44.9 Å². The first-order valence-corrected chi connectivity index (χ1v) is 16.5. The highest BCUT2D eigenvalue weighted by molar-refractivity contribution is 9.10. The summed E-state index contributed by atoms with van der Waals surface area (Å²) in [7, 11) is 0. The lowest BCUT2D eigenvalue weighted by molar-refractivity contribution is 0.768. The Morgan fingerprint density at radius 1 is 0.444 bits per heavy atom. The van der Waals surface area contributed by atoms with Crippen LogP contribution < -0.4 is 0 Å². The quantitative estimate of drug-likeness (QED) is 0.178. The number of halogens is 2. The summed E-state index contributed by atoms with van der Waals surface area (Å²) in [5.74, 6) is 0. The largest absolute Gasteiger partial charge is 0.255 e. The van der Waals surface area contributed by atoms with Gasteiger partial charge in [-0.05, 0) is 93.5 Å². The van der Waals surface area contributed by atoms with Crippen LogP contribution in [0.4, 0.5) is 0 Å². The summed E-state index contributed by atoms with van der Waals surface area (Å²) < 4.78 is 2.11. The van der Waals surface area contributed by atoms with Crippen LogP contribution >= 0.6 is 31.9 Å². The van der Waals surface area contributed by atoms with E-state index in [1.807, 2.05) is 24.4 Å². The zero-order chi connectivity index (χ0) is 30.4. The van der Waals surface area contributed by atoms with E-state index in [2.05, 4.69) is 170 Å². The SMILES string of the molecule is Brc1ccc(-c2ccc(-c3ccccn3)nc2-c2ccc3c(c2)C(c2ccccc2)(c2ccccc2)c2cc(Br)ccc2-3)cc1. The lowest BCUT2D eigenvalue weighted by atomic mass is 9.67. The van der Waals surface area contributed by atoms with E-state index in [9.17, 15) is 0 Å². The van der Waals surface area contributed by atoms with Crippen LogP contribution in [-0.4, -0.2) is 9.97 Å². The van der Waals surface area contributed by atoms with Crippen molar-refractivity contribution in [3.63, 3.8) is 0 Å². The zero-order valence-corrected chi connectivity index (χ0v) is 27.3. The standard InChI is InChI=1S/C41H26Br2N2/c42-31-17-14-27(15-18-31)33-22-23-39(38-13-7-8-24-44-38)45-40(33)28-16-20-34-35-21-19-32(43)26-37(35)41(36(34)25-28,29-9-3-1-4-10-29)30-11-5-2-6-12-30/h1-26H. The highest BCUT2D eigenvalue weighted by atomic mass is 79.9. The van der Waals surface area contributed by atoms with Gasteiger partial charge in [-0.15, -0.1) is 0 Å². The third kappa shape index (κ3) is 4.68. The molecule has 1 aliphatic rings. The van der Waals surface area contributed by atoms with Crippen LogP contribution in [0, 0.1) is 0 Å². The van der Waals surface area contributed by atoms with Crippen LogP contribution in [-0.2, 0) is 5.41 Å². The molecule has 1 aliphatic carbocycles. The molecule has 45 heavy (non-hydrogen) atoms. The first kappa shape index (κ1) is 27.9. The zero-order valence-electron chi connectivity index (χ0n) is 24.2. The Hall–Kier alpha value is -4.64. The average molecular weight is 706 g/mol. The van der Waals surface area contributed by atoms with Gasteiger partial charge >= 0.3 is 0 Å². The molecule has 5 aromatic carbocycles. The van der Waals surface area contributed by atoms with E-state index in [1.54, 1.807) is 0 Å². The number of pyridine rings is 2. The van der Waals surface area contributed by atoms with E-state index in [0.29, 0.717) is 0 Å². The van der Waals surface area contributed by atoms with E-state index in [0.717, 1.165) is 42.7 Å². The summed E-state index contributed by atoms with van der Waals surface area (Å²) in [5.41, 5.74) is 12.8. The Balaban J connectivity index is 1.44. The fraction of sp³-hybridized carbons (Fsp3) is 0.0244. The maximum atomic E-state index is 5.31. The van der Waals surface area contributed by atoms with Crippen LogP contribution in [0.1, 0.15) is 22.3 Å². The molecule has 214 valence electrons. The monoisotopic (exact) mass is 704 g/mol. The molecule has 0 fully saturated rings. The fourth-order valence-corrected chi connectivity index (χ4v) is 7.43. The number of hydrogen-bond donors (Lipinski definition) is 0. The highest BCUT2D eigenvalue weighted by Gasteiger charge is 2.46. The second-order valence-corrected chi connectivity index (χ2v) is 13.1. The molecule has 0 bridgehead atoms. The molecule has 4 heteroatoms. The summed E-state index contributed by atoms with van der Waals surface area (Å²) in [4.78, 5) is 9.93. The third-order valence-corrected chi connectivity index (χ3v) is 9.79. The molecule has 8 rings (SSSR count). The normalized spacial score (nSPS) is 12.8. The molecule has 0 radical (unpaired) electrons. The van der Waals surface area contributed by atoms with Gasteiger partial charge in [0, 0.05) is 26.3 Å². The second-order valence-electron chi connectivity index (χ2n) is 11.2. The fourth-order valence-electron chi connectivity index (χ4n) is 6.81. The van der Waals surface area contributed by atoms with Crippen LogP contribution in [0.15, 0.2) is 167 Å². The van der Waals surface area contributed by atoms with Crippen LogP contribution in [0.2, 0.25) is 0 Å². The van der Waals surface area contributed by atoms with Crippen LogP contribution in [0.3, 0.4) is 0 Å². The van der Waals surface area contributed by atoms with E-state index < -0.39 is 5.41 Å². The minimum absolute atomic E-state index is 0.511. The van der Waals surface area contributed by atoms with Gasteiger partial charge in [0.15, 0.2) is 0 Å². The lowest BCUT2D eigenvalue weighted by Gasteiger charge is -2.34. The second kappa shape index (κ2) is 11.4. The van der Waals surface area contributed by atoms with Crippen molar-refractivity contribution in [1.82, 2.24) is 9.97 Å². The first-order chi connectivity index (χ1) is 22.1. The molecule has 7 aromatic rings. The van der Waals surface area contributed by atoms with Gasteiger partial charge in [0.2, 0.25) is 0 Å². The molecule has 0 unspecified atom stereocenters. The molecule has 0 N–H and O–H groups in total. The molecule has 2 heterocycles. The van der Waals surface area contributed by atoms with Crippen molar-refractivity contribution in [2.45, 2.75) is 5.41 Å². The first-order valence-electron chi connectivity index (χ1n) is 14.9. The Labute approximate surface area is 279 Å². The summed E-state index contributed by atoms with van der Waals surface area (Å²) in [6.45, 7) is 0. The average Bonchev–Trinajstić information content (AvgIpc) is 3.39. The van der Waals surface area contributed by atoms with Crippen LogP contribution in [0.5, 0.6) is 0 Å². The number of fused-ring (bicyclic) bond motifs is 3. The number of hydrogen-bond acceptors (Lipinski definition) is 2. The number of nitrogens with zero attached hydrogens (tertiary/aromatic N) is 2. The predicted molar refractivity (Wildman–Crippen MR) is 191 cm³/mol. The van der Waals surface area contributed by atoms with Crippen molar-refractivity contribution in [2.75, 3.05) is 0 Å². The van der Waals surface area contributed by atoms with Gasteiger partial charge in [-0.2, -0.15) is 0 Å². The van der Waals surface area contributed by atoms with Crippen molar-refractivity contribution >= 4 is 31.9 Å². The van der Waals surface area contributed by atoms with Crippen molar-refractivity contribution in [2.24, 2.45) is 0 Å². The van der Waals surface area contributed by atoms with E-state index in [-0.39, 0.29) is 0 Å². The number of aromatic nitrogens is 2. The van der Waals surface area contributed by atoms with E-state index in [4.69, 9.17) is 4.98 Å². The van der Waals surface area contributed by atoms with Crippen molar-refractivity contribution < 1.29 is 0 Å². The van der Waals surface area contributed by atoms with Gasteiger partial charge in [0.05, 0.1) is 22.5 Å². The van der Waals surface area contributed by atoms with Crippen molar-refractivity contribution in [1.29, 1.82) is 0 Å². The Morgan fingerprint density at radius 3 is 1.69 bits per heavy atom. The summed E-state index contributed by atoms with van der Waals surface area (Å²) in [6.07, 6.45) is 1.82. The number of rotatable bonds is 5. The Bertz CT molecular complexity index is 2120. The van der Waals surface area contributed by atoms with Crippen molar-refractivity contribution in [3.05, 3.63) is 189 Å². The molecule has 0 atom stereocenters. The Morgan fingerprint density at radius 2 is 1.02 bits per heavy atom. The van der Waals surface area contributed by atoms with Gasteiger partial charge in [-0.1, -0.05) is 129 Å². The topological polar surface area (TPSA) is 25.8 Å². The van der Waals surface area contributed by atoms with E-state index >= 15 is 0 Å². The van der Waals surface area contributed by atoms with Gasteiger partial charge in [0.1, 0.15) is 0 Å². The summed E-state index contributed by atoms with van der Waals surface area (Å²) in [6, 6.07) is 54.0. The summed E-state index contributed by atoms with van der Waals surface area (Å²) >= 11 is 7.42. The maximum Gasteiger partial charge on any atom is 0.0894 e. The maximum absolute atomic E-state index is 5.31. The molecule has 0 amide bonds. The molecular formula is C41H26Br2N2. The number of benzene rings is 5. The third-order valence-electron chi connectivity index (χ3n) is 8.76. The molecule has 2 aromatic heterocycles. The molecule has 0 aliphatic heterocycles. The van der Waals surface area contributed by atoms with Gasteiger partial charge < -0.3 is 0 Å². The lowest BCUT2D eigenvalue weighted by Crippen LogP contribution is -2.28. The molecular weight excluding hydrogens is 680 g/mol. The van der Waals surface area contributed by atoms with Crippen LogP contribution in [0.25, 0.3) is 44.9 Å². The minimum Gasteiger partial charge on any atom is -0.255 e. The van der Waals surface area contributed by atoms with Gasteiger partial charge in [-0.3, -0.25) is 4.98 Å². The Kier molecular flexibility index (Phi) is 7.05.